The van der Waals surface area contributed by atoms with Crippen LogP contribution in [0.2, 0.25) is 0 Å². The fourth-order valence-electron chi connectivity index (χ4n) is 9.45. The van der Waals surface area contributed by atoms with E-state index in [0.717, 1.165) is 114 Å². The van der Waals surface area contributed by atoms with Crippen LogP contribution in [0.25, 0.3) is 0 Å². The van der Waals surface area contributed by atoms with Crippen LogP contribution in [0.3, 0.4) is 0 Å². The van der Waals surface area contributed by atoms with E-state index in [1.165, 1.54) is 116 Å². The molecule has 17 nitrogen and oxygen atoms in total. The number of aliphatic hydroxyl groups excluding tert-OH is 1. The van der Waals surface area contributed by atoms with Crippen molar-refractivity contribution in [3.8, 4) is 0 Å². The molecule has 3 unspecified atom stereocenters. The summed E-state index contributed by atoms with van der Waals surface area (Å²) >= 11 is 0. The molecule has 3 N–H and O–H groups in total. The predicted octanol–water partition coefficient (Wildman–Crippen LogP) is 17.5. The molecule has 0 aromatic rings. The lowest BCUT2D eigenvalue weighted by Gasteiger charge is -2.21. The number of ether oxygens (including phenoxy) is 4. The van der Waals surface area contributed by atoms with Crippen LogP contribution < -0.4 is 0 Å². The highest BCUT2D eigenvalue weighted by molar-refractivity contribution is 7.47. The van der Waals surface area contributed by atoms with Crippen LogP contribution in [0.5, 0.6) is 0 Å². The van der Waals surface area contributed by atoms with Crippen LogP contribution in [-0.2, 0) is 65.4 Å². The van der Waals surface area contributed by atoms with Crippen molar-refractivity contribution in [3.05, 3.63) is 0 Å². The number of carbonyl (C=O) groups excluding carboxylic acids is 4. The number of aliphatic hydroxyl groups is 1. The van der Waals surface area contributed by atoms with E-state index in [1.54, 1.807) is 0 Å². The first-order chi connectivity index (χ1) is 39.8. The molecule has 0 aromatic heterocycles. The van der Waals surface area contributed by atoms with Crippen LogP contribution >= 0.6 is 15.6 Å². The van der Waals surface area contributed by atoms with Crippen LogP contribution in [0, 0.1) is 17.8 Å². The van der Waals surface area contributed by atoms with E-state index in [4.69, 9.17) is 37.0 Å². The molecule has 0 spiro atoms. The zero-order valence-electron chi connectivity index (χ0n) is 53.6. The van der Waals surface area contributed by atoms with Gasteiger partial charge in [-0.3, -0.25) is 37.3 Å². The minimum atomic E-state index is -4.95. The number of hydrogen-bond donors (Lipinski definition) is 3. The van der Waals surface area contributed by atoms with Gasteiger partial charge in [-0.2, -0.15) is 0 Å². The molecule has 0 fully saturated rings. The first-order valence-corrected chi connectivity index (χ1v) is 36.4. The van der Waals surface area contributed by atoms with Crippen molar-refractivity contribution in [3.63, 3.8) is 0 Å². The normalized spacial score (nSPS) is 14.7. The van der Waals surface area contributed by atoms with E-state index >= 15 is 0 Å². The molecule has 83 heavy (non-hydrogen) atoms. The van der Waals surface area contributed by atoms with E-state index < -0.39 is 97.5 Å². The highest BCUT2D eigenvalue weighted by atomic mass is 31.2. The van der Waals surface area contributed by atoms with Gasteiger partial charge < -0.3 is 33.8 Å². The smallest absolute Gasteiger partial charge is 0.462 e. The molecule has 0 saturated heterocycles. The number of phosphoric ester groups is 2. The maximum absolute atomic E-state index is 13.0. The monoisotopic (exact) mass is 1230 g/mol. The summed E-state index contributed by atoms with van der Waals surface area (Å²) < 4.78 is 67.9. The van der Waals surface area contributed by atoms with Crippen molar-refractivity contribution in [2.75, 3.05) is 39.6 Å². The van der Waals surface area contributed by atoms with Crippen molar-refractivity contribution < 1.29 is 80.2 Å². The molecule has 0 saturated carbocycles. The van der Waals surface area contributed by atoms with Crippen LogP contribution in [0.4, 0.5) is 0 Å². The Morgan fingerprint density at radius 2 is 0.614 bits per heavy atom. The Bertz CT molecular complexity index is 1650. The van der Waals surface area contributed by atoms with Crippen LogP contribution in [0.15, 0.2) is 0 Å². The van der Waals surface area contributed by atoms with Gasteiger partial charge in [0.25, 0.3) is 0 Å². The van der Waals surface area contributed by atoms with E-state index in [2.05, 4.69) is 48.5 Å². The lowest BCUT2D eigenvalue weighted by molar-refractivity contribution is -0.161. The van der Waals surface area contributed by atoms with Gasteiger partial charge in [-0.05, 0) is 43.4 Å². The largest absolute Gasteiger partial charge is 0.472 e. The summed E-state index contributed by atoms with van der Waals surface area (Å²) in [7, 11) is -9.89. The molecule has 0 aliphatic carbocycles. The maximum atomic E-state index is 13.0. The molecule has 19 heteroatoms. The van der Waals surface area contributed by atoms with E-state index in [1.807, 2.05) is 0 Å². The SMILES string of the molecule is CCCCCCCCCCC(=O)OC[C@H](COP(=O)(O)OC[C@H](O)COP(=O)(O)OC[C@@H](COC(=O)CCCCCCCCCCCC(C)C)OC(=O)CCCCCCCCCCCCC(C)C)OC(=O)CCCCCCCCC(C)CC. The summed E-state index contributed by atoms with van der Waals surface area (Å²) in [6.45, 7) is 11.7. The number of unbranched alkanes of at least 4 members (excludes halogenated alkanes) is 29. The van der Waals surface area contributed by atoms with E-state index in [9.17, 15) is 43.2 Å². The van der Waals surface area contributed by atoms with E-state index in [0.29, 0.717) is 25.7 Å². The average molecular weight is 1230 g/mol. The molecule has 0 bridgehead atoms. The van der Waals surface area contributed by atoms with Gasteiger partial charge in [-0.25, -0.2) is 9.13 Å². The van der Waals surface area contributed by atoms with Crippen molar-refractivity contribution in [1.82, 2.24) is 0 Å². The van der Waals surface area contributed by atoms with Gasteiger partial charge in [0.05, 0.1) is 26.4 Å². The lowest BCUT2D eigenvalue weighted by atomic mass is 10.00. The topological polar surface area (TPSA) is 237 Å². The predicted molar refractivity (Wildman–Crippen MR) is 331 cm³/mol. The summed E-state index contributed by atoms with van der Waals surface area (Å²) in [5.41, 5.74) is 0. The average Bonchev–Trinajstić information content (AvgIpc) is 3.46. The van der Waals surface area contributed by atoms with Crippen LogP contribution in [0.1, 0.15) is 312 Å². The fraction of sp³-hybridized carbons (Fsp3) is 0.938. The third-order valence-electron chi connectivity index (χ3n) is 15.0. The standard InChI is InChI=1S/C64H124O17P2/c1-8-10-11-12-13-23-31-38-45-61(66)74-52-60(81-64(69)48-41-34-27-26-30-37-44-57(7)9-2)54-79-83(72,73)77-50-58(65)49-76-82(70,71)78-53-59(51-75-62(67)46-39-32-24-20-16-18-22-29-36-43-56(5)6)80-63(68)47-40-33-25-19-15-14-17-21-28-35-42-55(3)4/h55-60,65H,8-54H2,1-7H3,(H,70,71)(H,72,73)/t57?,58-,59-,60-/m1/s1. The quantitative estimate of drug-likeness (QED) is 0.0222. The third-order valence-corrected chi connectivity index (χ3v) is 16.9. The maximum Gasteiger partial charge on any atom is 0.472 e. The van der Waals surface area contributed by atoms with Gasteiger partial charge in [0.15, 0.2) is 12.2 Å². The number of rotatable bonds is 62. The fourth-order valence-corrected chi connectivity index (χ4v) is 11.0. The van der Waals surface area contributed by atoms with Gasteiger partial charge in [-0.15, -0.1) is 0 Å². The highest BCUT2D eigenvalue weighted by Crippen LogP contribution is 2.45. The zero-order chi connectivity index (χ0) is 61.7. The van der Waals surface area contributed by atoms with Gasteiger partial charge in [-0.1, -0.05) is 260 Å². The molecule has 0 radical (unpaired) electrons. The Hall–Kier alpha value is -1.94. The Morgan fingerprint density at radius 3 is 0.916 bits per heavy atom. The molecular weight excluding hydrogens is 1100 g/mol. The number of esters is 4. The van der Waals surface area contributed by atoms with Crippen molar-refractivity contribution in [1.29, 1.82) is 0 Å². The number of hydrogen-bond acceptors (Lipinski definition) is 15. The zero-order valence-corrected chi connectivity index (χ0v) is 55.4. The van der Waals surface area contributed by atoms with Gasteiger partial charge >= 0.3 is 39.5 Å². The first kappa shape index (κ1) is 81.1. The van der Waals surface area contributed by atoms with E-state index in [-0.39, 0.29) is 25.7 Å². The molecule has 0 rings (SSSR count). The van der Waals surface area contributed by atoms with Gasteiger partial charge in [0.1, 0.15) is 19.3 Å². The number of phosphoric acid groups is 2. The minimum absolute atomic E-state index is 0.102. The van der Waals surface area contributed by atoms with Crippen LogP contribution in [-0.4, -0.2) is 96.7 Å². The second-order valence-electron chi connectivity index (χ2n) is 24.3. The lowest BCUT2D eigenvalue weighted by Crippen LogP contribution is -2.30. The Kier molecular flexibility index (Phi) is 54.1. The summed E-state index contributed by atoms with van der Waals surface area (Å²) in [4.78, 5) is 72.2. The summed E-state index contributed by atoms with van der Waals surface area (Å²) in [6.07, 6.45) is 36.3. The van der Waals surface area contributed by atoms with Gasteiger partial charge in [0.2, 0.25) is 0 Å². The first-order valence-electron chi connectivity index (χ1n) is 33.4. The van der Waals surface area contributed by atoms with Crippen molar-refractivity contribution in [2.24, 2.45) is 17.8 Å². The molecule has 0 aliphatic rings. The molecule has 0 heterocycles. The highest BCUT2D eigenvalue weighted by Gasteiger charge is 2.30. The molecule has 0 aliphatic heterocycles. The molecule has 6 atom stereocenters. The summed E-state index contributed by atoms with van der Waals surface area (Å²) in [5, 5.41) is 10.5. The summed E-state index contributed by atoms with van der Waals surface area (Å²) in [5.74, 6) is 0.0761. The minimum Gasteiger partial charge on any atom is -0.462 e. The van der Waals surface area contributed by atoms with Gasteiger partial charge in [0, 0.05) is 25.7 Å². The Labute approximate surface area is 505 Å². The molecule has 0 aromatic carbocycles. The second-order valence-corrected chi connectivity index (χ2v) is 27.3. The molecule has 492 valence electrons. The number of carbonyl (C=O) groups is 4. The molecular formula is C64H124O17P2. The summed E-state index contributed by atoms with van der Waals surface area (Å²) in [6, 6.07) is 0. The van der Waals surface area contributed by atoms with Crippen molar-refractivity contribution in [2.45, 2.75) is 330 Å². The third kappa shape index (κ3) is 57.6. The Balaban J connectivity index is 5.24. The molecule has 0 amide bonds. The second kappa shape index (κ2) is 55.4. The Morgan fingerprint density at radius 1 is 0.349 bits per heavy atom. The van der Waals surface area contributed by atoms with Crippen molar-refractivity contribution >= 4 is 39.5 Å².